The molecule has 4 rings (SSSR count). The van der Waals surface area contributed by atoms with Crippen molar-refractivity contribution in [2.75, 3.05) is 26.2 Å². The molecule has 2 N–H and O–H groups in total. The number of hydrogen-bond donors (Lipinski definition) is 2. The Kier molecular flexibility index (Phi) is 9.49. The van der Waals surface area contributed by atoms with Crippen LogP contribution in [0.2, 0.25) is 0 Å². The van der Waals surface area contributed by atoms with Crippen LogP contribution in [0.5, 0.6) is 0 Å². The molecule has 37 heavy (non-hydrogen) atoms. The van der Waals surface area contributed by atoms with E-state index in [0.717, 1.165) is 31.2 Å². The van der Waals surface area contributed by atoms with Crippen LogP contribution in [-0.2, 0) is 22.2 Å². The molecule has 1 saturated carbocycles. The van der Waals surface area contributed by atoms with Crippen molar-refractivity contribution in [3.8, 4) is 0 Å². The van der Waals surface area contributed by atoms with Gasteiger partial charge in [-0.1, -0.05) is 61.4 Å². The summed E-state index contributed by atoms with van der Waals surface area (Å²) >= 11 is 0. The van der Waals surface area contributed by atoms with Gasteiger partial charge in [-0.05, 0) is 42.9 Å². The van der Waals surface area contributed by atoms with Gasteiger partial charge < -0.3 is 15.0 Å². The summed E-state index contributed by atoms with van der Waals surface area (Å²) in [7, 11) is -3.72. The molecule has 1 aliphatic carbocycles. The van der Waals surface area contributed by atoms with E-state index in [1.807, 2.05) is 48.5 Å². The number of rotatable bonds is 13. The van der Waals surface area contributed by atoms with Crippen LogP contribution in [0.1, 0.15) is 47.4 Å². The number of aromatic nitrogens is 2. The Morgan fingerprint density at radius 1 is 1.03 bits per heavy atom. The average molecular weight is 525 g/mol. The van der Waals surface area contributed by atoms with E-state index in [-0.39, 0.29) is 30.7 Å². The molecule has 0 unspecified atom stereocenters. The summed E-state index contributed by atoms with van der Waals surface area (Å²) in [6, 6.07) is 18.9. The second-order valence-corrected chi connectivity index (χ2v) is 11.7. The van der Waals surface area contributed by atoms with Crippen LogP contribution in [0.4, 0.5) is 0 Å². The molecule has 9 heteroatoms. The van der Waals surface area contributed by atoms with Gasteiger partial charge in [-0.2, -0.15) is 4.31 Å². The van der Waals surface area contributed by atoms with Crippen LogP contribution >= 0.6 is 0 Å². The zero-order valence-electron chi connectivity index (χ0n) is 21.1. The van der Waals surface area contributed by atoms with Gasteiger partial charge >= 0.3 is 0 Å². The first-order valence-corrected chi connectivity index (χ1v) is 14.5. The van der Waals surface area contributed by atoms with Crippen molar-refractivity contribution in [3.63, 3.8) is 0 Å². The third kappa shape index (κ3) is 7.99. The maximum atomic E-state index is 13.3. The van der Waals surface area contributed by atoms with Crippen molar-refractivity contribution in [2.24, 2.45) is 5.92 Å². The fourth-order valence-corrected chi connectivity index (χ4v) is 6.44. The molecule has 1 fully saturated rings. The molecule has 1 atom stereocenters. The molecule has 1 aromatic heterocycles. The van der Waals surface area contributed by atoms with E-state index >= 15 is 0 Å². The second-order valence-electron chi connectivity index (χ2n) is 9.77. The van der Waals surface area contributed by atoms with Crippen LogP contribution in [0.25, 0.3) is 0 Å². The van der Waals surface area contributed by atoms with E-state index in [1.54, 1.807) is 23.2 Å². The maximum absolute atomic E-state index is 13.3. The van der Waals surface area contributed by atoms with Gasteiger partial charge in [0.05, 0.1) is 6.10 Å². The summed E-state index contributed by atoms with van der Waals surface area (Å²) in [6.45, 7) is 0.759. The van der Waals surface area contributed by atoms with Gasteiger partial charge in [0.15, 0.2) is 0 Å². The standard InChI is InChI=1S/C28H36N4O4S/c33-26(21-32(19-24-11-7-8-12-24)37(35,36)22-27-29-16-17-30-27)20-31(18-15-23-9-3-1-4-10-23)28(34)25-13-5-2-6-14-25/h1-6,9-10,13-14,16-17,24,26,33H,7-8,11-12,15,18-22H2,(H,29,30)/t26-/m0/s1. The van der Waals surface area contributed by atoms with Crippen LogP contribution in [-0.4, -0.2) is 70.9 Å². The molecule has 2 aromatic carbocycles. The van der Waals surface area contributed by atoms with E-state index < -0.39 is 16.1 Å². The number of aromatic amines is 1. The number of carbonyl (C=O) groups is 1. The Morgan fingerprint density at radius 3 is 2.35 bits per heavy atom. The number of sulfonamides is 1. The lowest BCUT2D eigenvalue weighted by Crippen LogP contribution is -2.46. The topological polar surface area (TPSA) is 107 Å². The van der Waals surface area contributed by atoms with Crippen molar-refractivity contribution in [3.05, 3.63) is 90.0 Å². The summed E-state index contributed by atoms with van der Waals surface area (Å²) in [6.07, 6.45) is 6.89. The molecular formula is C28H36N4O4S. The van der Waals surface area contributed by atoms with E-state index in [2.05, 4.69) is 9.97 Å². The van der Waals surface area contributed by atoms with Crippen molar-refractivity contribution in [1.82, 2.24) is 19.2 Å². The molecule has 198 valence electrons. The van der Waals surface area contributed by atoms with Crippen molar-refractivity contribution in [2.45, 2.75) is 44.0 Å². The summed E-state index contributed by atoms with van der Waals surface area (Å²) < 4.78 is 28.1. The molecule has 1 heterocycles. The minimum atomic E-state index is -3.72. The fraction of sp³-hybridized carbons (Fsp3) is 0.429. The number of aliphatic hydroxyl groups excluding tert-OH is 1. The molecule has 0 bridgehead atoms. The number of benzene rings is 2. The van der Waals surface area contributed by atoms with Gasteiger partial charge in [-0.25, -0.2) is 13.4 Å². The quantitative estimate of drug-likeness (QED) is 0.356. The summed E-state index contributed by atoms with van der Waals surface area (Å²) in [5.74, 6) is 0.213. The first kappa shape index (κ1) is 27.0. The van der Waals surface area contributed by atoms with E-state index in [4.69, 9.17) is 0 Å². The van der Waals surface area contributed by atoms with E-state index in [0.29, 0.717) is 30.9 Å². The average Bonchev–Trinajstić information content (AvgIpc) is 3.61. The minimum Gasteiger partial charge on any atom is -0.390 e. The summed E-state index contributed by atoms with van der Waals surface area (Å²) in [5, 5.41) is 11.1. The van der Waals surface area contributed by atoms with Gasteiger partial charge in [0, 0.05) is 44.1 Å². The van der Waals surface area contributed by atoms with Crippen LogP contribution in [0.15, 0.2) is 73.1 Å². The maximum Gasteiger partial charge on any atom is 0.253 e. The molecule has 1 aliphatic rings. The normalized spacial score (nSPS) is 15.2. The van der Waals surface area contributed by atoms with Gasteiger partial charge in [0.2, 0.25) is 10.0 Å². The Morgan fingerprint density at radius 2 is 1.70 bits per heavy atom. The molecule has 0 radical (unpaired) electrons. The first-order chi connectivity index (χ1) is 17.9. The second kappa shape index (κ2) is 13.0. The van der Waals surface area contributed by atoms with E-state index in [1.165, 1.54) is 10.5 Å². The number of hydrogen-bond acceptors (Lipinski definition) is 5. The van der Waals surface area contributed by atoms with Crippen molar-refractivity contribution < 1.29 is 18.3 Å². The Labute approximate surface area is 219 Å². The smallest absolute Gasteiger partial charge is 0.253 e. The zero-order chi connectivity index (χ0) is 26.1. The van der Waals surface area contributed by atoms with Gasteiger partial charge in [-0.3, -0.25) is 4.79 Å². The summed E-state index contributed by atoms with van der Waals surface area (Å²) in [5.41, 5.74) is 1.63. The molecule has 0 saturated heterocycles. The highest BCUT2D eigenvalue weighted by Gasteiger charge is 2.31. The highest BCUT2D eigenvalue weighted by Crippen LogP contribution is 2.27. The molecule has 0 spiro atoms. The third-order valence-electron chi connectivity index (χ3n) is 6.87. The largest absolute Gasteiger partial charge is 0.390 e. The van der Waals surface area contributed by atoms with Gasteiger partial charge in [0.1, 0.15) is 11.6 Å². The fourth-order valence-electron chi connectivity index (χ4n) is 4.92. The number of imidazole rings is 1. The number of H-pyrrole nitrogens is 1. The lowest BCUT2D eigenvalue weighted by atomic mass is 10.1. The number of nitrogens with one attached hydrogen (secondary N) is 1. The molecule has 0 aliphatic heterocycles. The molecule has 8 nitrogen and oxygen atoms in total. The summed E-state index contributed by atoms with van der Waals surface area (Å²) in [4.78, 5) is 21.9. The predicted octanol–water partition coefficient (Wildman–Crippen LogP) is 3.48. The van der Waals surface area contributed by atoms with E-state index in [9.17, 15) is 18.3 Å². The number of carbonyl (C=O) groups excluding carboxylic acids is 1. The predicted molar refractivity (Wildman–Crippen MR) is 143 cm³/mol. The highest BCUT2D eigenvalue weighted by molar-refractivity contribution is 7.88. The van der Waals surface area contributed by atoms with Gasteiger partial charge in [0.25, 0.3) is 5.91 Å². The third-order valence-corrected chi connectivity index (χ3v) is 8.59. The number of nitrogens with zero attached hydrogens (tertiary/aromatic N) is 3. The van der Waals surface area contributed by atoms with Crippen LogP contribution in [0, 0.1) is 5.92 Å². The Hall–Kier alpha value is -3.01. The van der Waals surface area contributed by atoms with Crippen LogP contribution in [0.3, 0.4) is 0 Å². The number of amides is 1. The monoisotopic (exact) mass is 524 g/mol. The lowest BCUT2D eigenvalue weighted by molar-refractivity contribution is 0.0584. The first-order valence-electron chi connectivity index (χ1n) is 12.9. The lowest BCUT2D eigenvalue weighted by Gasteiger charge is -2.30. The van der Waals surface area contributed by atoms with Crippen LogP contribution < -0.4 is 0 Å². The molecule has 3 aromatic rings. The highest BCUT2D eigenvalue weighted by atomic mass is 32.2. The van der Waals surface area contributed by atoms with Gasteiger partial charge in [-0.15, -0.1) is 0 Å². The molecular weight excluding hydrogens is 488 g/mol. The van der Waals surface area contributed by atoms with Crippen molar-refractivity contribution >= 4 is 15.9 Å². The molecule has 1 amide bonds. The van der Waals surface area contributed by atoms with Crippen molar-refractivity contribution in [1.29, 1.82) is 0 Å². The SMILES string of the molecule is O=C(c1ccccc1)N(CCc1ccccc1)C[C@H](O)CN(CC1CCCC1)S(=O)(=O)Cc1ncc[nH]1. The Balaban J connectivity index is 1.48. The Bertz CT molecular complexity index is 1200. The number of aliphatic hydroxyl groups is 1. The zero-order valence-corrected chi connectivity index (χ0v) is 21.9. The minimum absolute atomic E-state index is 0.0397.